The van der Waals surface area contributed by atoms with Gasteiger partial charge in [-0.25, -0.2) is 0 Å². The molecule has 0 spiro atoms. The maximum Gasteiger partial charge on any atom is 0.306 e. The highest BCUT2D eigenvalue weighted by Crippen LogP contribution is 2.19. The Morgan fingerprint density at radius 2 is 0.355 bits per heavy atom. The molecular formula is C70H136O6. The van der Waals surface area contributed by atoms with Gasteiger partial charge in [-0.1, -0.05) is 374 Å². The highest BCUT2D eigenvalue weighted by molar-refractivity contribution is 5.71. The standard InChI is InChI=1S/C70H136O6/c1-4-7-10-13-16-19-22-25-28-31-32-33-34-35-36-37-38-39-40-43-45-48-51-54-57-60-63-69(72)75-66-67(76-70(73)64-61-58-55-52-49-46-42-30-27-24-21-18-15-12-9-6-3)65-74-68(71)62-59-56-53-50-47-44-41-29-26-23-20-17-14-11-8-5-2/h67H,4-66H2,1-3H3. The van der Waals surface area contributed by atoms with E-state index in [0.29, 0.717) is 19.3 Å². The van der Waals surface area contributed by atoms with Crippen LogP contribution in [0.4, 0.5) is 0 Å². The van der Waals surface area contributed by atoms with Crippen molar-refractivity contribution in [3.05, 3.63) is 0 Å². The van der Waals surface area contributed by atoms with Crippen LogP contribution in [-0.4, -0.2) is 37.2 Å². The van der Waals surface area contributed by atoms with Crippen LogP contribution in [0.2, 0.25) is 0 Å². The molecule has 0 amide bonds. The van der Waals surface area contributed by atoms with Crippen molar-refractivity contribution in [1.29, 1.82) is 0 Å². The molecular weight excluding hydrogens is 937 g/mol. The second-order valence-corrected chi connectivity index (χ2v) is 24.2. The van der Waals surface area contributed by atoms with E-state index in [9.17, 15) is 14.4 Å². The molecule has 0 aliphatic rings. The number of unbranched alkanes of at least 4 members (excludes halogenated alkanes) is 55. The smallest absolute Gasteiger partial charge is 0.306 e. The second-order valence-electron chi connectivity index (χ2n) is 24.2. The third kappa shape index (κ3) is 63.2. The fraction of sp³-hybridized carbons (Fsp3) is 0.957. The van der Waals surface area contributed by atoms with Gasteiger partial charge in [0, 0.05) is 19.3 Å². The summed E-state index contributed by atoms with van der Waals surface area (Å²) in [5.74, 6) is -0.820. The fourth-order valence-electron chi connectivity index (χ4n) is 11.1. The molecule has 1 atom stereocenters. The van der Waals surface area contributed by atoms with Crippen LogP contribution in [0.15, 0.2) is 0 Å². The Balaban J connectivity index is 4.19. The lowest BCUT2D eigenvalue weighted by Gasteiger charge is -2.18. The highest BCUT2D eigenvalue weighted by atomic mass is 16.6. The Kier molecular flexibility index (Phi) is 64.5. The van der Waals surface area contributed by atoms with Crippen molar-refractivity contribution in [1.82, 2.24) is 0 Å². The molecule has 0 rings (SSSR count). The molecule has 76 heavy (non-hydrogen) atoms. The van der Waals surface area contributed by atoms with Crippen molar-refractivity contribution < 1.29 is 28.6 Å². The molecule has 0 aromatic heterocycles. The maximum absolute atomic E-state index is 12.9. The van der Waals surface area contributed by atoms with Crippen LogP contribution in [0.1, 0.15) is 412 Å². The summed E-state index contributed by atoms with van der Waals surface area (Å²) >= 11 is 0. The number of carbonyl (C=O) groups is 3. The van der Waals surface area contributed by atoms with Gasteiger partial charge in [0.1, 0.15) is 13.2 Å². The molecule has 0 saturated heterocycles. The van der Waals surface area contributed by atoms with Gasteiger partial charge in [0.2, 0.25) is 0 Å². The number of carbonyl (C=O) groups excluding carboxylic acids is 3. The number of hydrogen-bond donors (Lipinski definition) is 0. The van der Waals surface area contributed by atoms with E-state index in [0.717, 1.165) is 57.8 Å². The molecule has 6 nitrogen and oxygen atoms in total. The van der Waals surface area contributed by atoms with Crippen molar-refractivity contribution in [3.8, 4) is 0 Å². The molecule has 0 N–H and O–H groups in total. The Morgan fingerprint density at radius 1 is 0.211 bits per heavy atom. The van der Waals surface area contributed by atoms with Crippen molar-refractivity contribution in [3.63, 3.8) is 0 Å². The normalized spacial score (nSPS) is 11.9. The fourth-order valence-corrected chi connectivity index (χ4v) is 11.1. The second kappa shape index (κ2) is 65.9. The van der Waals surface area contributed by atoms with Crippen molar-refractivity contribution >= 4 is 17.9 Å². The lowest BCUT2D eigenvalue weighted by Crippen LogP contribution is -2.30. The number of hydrogen-bond acceptors (Lipinski definition) is 6. The van der Waals surface area contributed by atoms with Crippen LogP contribution in [-0.2, 0) is 28.6 Å². The summed E-state index contributed by atoms with van der Waals surface area (Å²) in [4.78, 5) is 38.4. The van der Waals surface area contributed by atoms with Gasteiger partial charge in [0.15, 0.2) is 6.10 Å². The molecule has 0 aromatic rings. The maximum atomic E-state index is 12.9. The van der Waals surface area contributed by atoms with Gasteiger partial charge in [-0.05, 0) is 19.3 Å². The summed E-state index contributed by atoms with van der Waals surface area (Å²) in [6, 6.07) is 0. The molecule has 1 unspecified atom stereocenters. The molecule has 0 aliphatic heterocycles. The Hall–Kier alpha value is -1.59. The first-order chi connectivity index (χ1) is 37.5. The van der Waals surface area contributed by atoms with Gasteiger partial charge < -0.3 is 14.2 Å². The molecule has 0 aliphatic carbocycles. The van der Waals surface area contributed by atoms with Gasteiger partial charge in [-0.15, -0.1) is 0 Å². The number of ether oxygens (including phenoxy) is 3. The van der Waals surface area contributed by atoms with E-state index in [-0.39, 0.29) is 31.1 Å². The largest absolute Gasteiger partial charge is 0.462 e. The molecule has 0 fully saturated rings. The van der Waals surface area contributed by atoms with E-state index in [1.807, 2.05) is 0 Å². The Labute approximate surface area is 476 Å². The SMILES string of the molecule is CCCCCCCCCCCCCCCCCCCCCCCCCCCCC(=O)OCC(COC(=O)CCCCCCCCCCCCCCCCCC)OC(=O)CCCCCCCCCCCCCCCCCC. The van der Waals surface area contributed by atoms with Crippen molar-refractivity contribution in [2.24, 2.45) is 0 Å². The first kappa shape index (κ1) is 74.4. The lowest BCUT2D eigenvalue weighted by molar-refractivity contribution is -0.167. The van der Waals surface area contributed by atoms with E-state index in [1.54, 1.807) is 0 Å². The highest BCUT2D eigenvalue weighted by Gasteiger charge is 2.19. The molecule has 0 aromatic carbocycles. The summed E-state index contributed by atoms with van der Waals surface area (Å²) in [5, 5.41) is 0. The van der Waals surface area contributed by atoms with Crippen LogP contribution in [0.5, 0.6) is 0 Å². The summed E-state index contributed by atoms with van der Waals surface area (Å²) in [6.07, 6.45) is 77.0. The summed E-state index contributed by atoms with van der Waals surface area (Å²) < 4.78 is 17.0. The third-order valence-electron chi connectivity index (χ3n) is 16.4. The molecule has 0 heterocycles. The van der Waals surface area contributed by atoms with E-state index in [4.69, 9.17) is 14.2 Å². The third-order valence-corrected chi connectivity index (χ3v) is 16.4. The molecule has 0 saturated carbocycles. The van der Waals surface area contributed by atoms with Crippen LogP contribution in [0, 0.1) is 0 Å². The van der Waals surface area contributed by atoms with E-state index in [1.165, 1.54) is 315 Å². The van der Waals surface area contributed by atoms with Gasteiger partial charge in [-0.3, -0.25) is 14.4 Å². The zero-order chi connectivity index (χ0) is 55.0. The van der Waals surface area contributed by atoms with Crippen LogP contribution >= 0.6 is 0 Å². The summed E-state index contributed by atoms with van der Waals surface area (Å²) in [7, 11) is 0. The lowest BCUT2D eigenvalue weighted by atomic mass is 10.0. The number of esters is 3. The first-order valence-corrected chi connectivity index (χ1v) is 35.0. The van der Waals surface area contributed by atoms with Crippen molar-refractivity contribution in [2.75, 3.05) is 13.2 Å². The van der Waals surface area contributed by atoms with E-state index >= 15 is 0 Å². The average molecular weight is 1070 g/mol. The van der Waals surface area contributed by atoms with E-state index < -0.39 is 6.10 Å². The Bertz CT molecular complexity index is 1140. The zero-order valence-electron chi connectivity index (χ0n) is 52.1. The molecule has 0 radical (unpaired) electrons. The zero-order valence-corrected chi connectivity index (χ0v) is 52.1. The van der Waals surface area contributed by atoms with Gasteiger partial charge in [0.05, 0.1) is 0 Å². The minimum atomic E-state index is -0.763. The van der Waals surface area contributed by atoms with Gasteiger partial charge >= 0.3 is 17.9 Å². The Morgan fingerprint density at radius 3 is 0.526 bits per heavy atom. The minimum absolute atomic E-state index is 0.0602. The van der Waals surface area contributed by atoms with E-state index in [2.05, 4.69) is 20.8 Å². The van der Waals surface area contributed by atoms with Crippen molar-refractivity contribution in [2.45, 2.75) is 419 Å². The quantitative estimate of drug-likeness (QED) is 0.0343. The first-order valence-electron chi connectivity index (χ1n) is 35.0. The number of rotatable bonds is 66. The molecule has 0 bridgehead atoms. The van der Waals surface area contributed by atoms with Gasteiger partial charge in [0.25, 0.3) is 0 Å². The summed E-state index contributed by atoms with van der Waals surface area (Å²) in [6.45, 7) is 6.74. The molecule has 452 valence electrons. The predicted molar refractivity (Wildman–Crippen MR) is 330 cm³/mol. The minimum Gasteiger partial charge on any atom is -0.462 e. The van der Waals surface area contributed by atoms with Crippen LogP contribution < -0.4 is 0 Å². The topological polar surface area (TPSA) is 78.9 Å². The summed E-state index contributed by atoms with van der Waals surface area (Å²) in [5.41, 5.74) is 0. The van der Waals surface area contributed by atoms with Crippen LogP contribution in [0.3, 0.4) is 0 Å². The monoisotopic (exact) mass is 1070 g/mol. The van der Waals surface area contributed by atoms with Crippen LogP contribution in [0.25, 0.3) is 0 Å². The predicted octanol–water partition coefficient (Wildman–Crippen LogP) is 23.8. The average Bonchev–Trinajstić information content (AvgIpc) is 3.42. The van der Waals surface area contributed by atoms with Gasteiger partial charge in [-0.2, -0.15) is 0 Å². The molecule has 6 heteroatoms.